The summed E-state index contributed by atoms with van der Waals surface area (Å²) in [6, 6.07) is 3.86. The van der Waals surface area contributed by atoms with Crippen LogP contribution in [0.1, 0.15) is 12.5 Å². The summed E-state index contributed by atoms with van der Waals surface area (Å²) < 4.78 is 0. The molecule has 4 heteroatoms. The fourth-order valence-corrected chi connectivity index (χ4v) is 1.60. The van der Waals surface area contributed by atoms with Gasteiger partial charge in [0.1, 0.15) is 0 Å². The first-order valence-electron chi connectivity index (χ1n) is 5.58. The molecule has 0 fully saturated rings. The highest BCUT2D eigenvalue weighted by molar-refractivity contribution is 5.69. The highest BCUT2D eigenvalue weighted by Crippen LogP contribution is 2.07. The number of carbonyl (C=O) groups is 1. The van der Waals surface area contributed by atoms with E-state index in [-0.39, 0.29) is 5.92 Å². The van der Waals surface area contributed by atoms with Crippen LogP contribution in [0.5, 0.6) is 0 Å². The van der Waals surface area contributed by atoms with E-state index in [0.29, 0.717) is 19.6 Å². The van der Waals surface area contributed by atoms with E-state index >= 15 is 0 Å². The van der Waals surface area contributed by atoms with Gasteiger partial charge in [0.2, 0.25) is 0 Å². The molecule has 0 saturated heterocycles. The minimum Gasteiger partial charge on any atom is -0.481 e. The van der Waals surface area contributed by atoms with Gasteiger partial charge in [-0.3, -0.25) is 14.7 Å². The Hall–Kier alpha value is -1.68. The number of carboxylic acids is 1. The van der Waals surface area contributed by atoms with Gasteiger partial charge in [0.25, 0.3) is 0 Å². The minimum absolute atomic E-state index is 0.378. The van der Waals surface area contributed by atoms with E-state index in [1.54, 1.807) is 25.4 Å². The zero-order valence-corrected chi connectivity index (χ0v) is 10.0. The Labute approximate surface area is 102 Å². The van der Waals surface area contributed by atoms with Crippen molar-refractivity contribution in [2.45, 2.75) is 13.5 Å². The minimum atomic E-state index is -0.770. The van der Waals surface area contributed by atoms with E-state index < -0.39 is 5.97 Å². The van der Waals surface area contributed by atoms with E-state index in [9.17, 15) is 4.79 Å². The summed E-state index contributed by atoms with van der Waals surface area (Å²) in [7, 11) is 0. The molecule has 0 aromatic carbocycles. The molecule has 0 amide bonds. The molecule has 1 heterocycles. The highest BCUT2D eigenvalue weighted by Gasteiger charge is 2.15. The molecule has 17 heavy (non-hydrogen) atoms. The number of rotatable bonds is 7. The largest absolute Gasteiger partial charge is 0.481 e. The topological polar surface area (TPSA) is 53.4 Å². The first-order chi connectivity index (χ1) is 8.13. The van der Waals surface area contributed by atoms with Gasteiger partial charge in [-0.15, -0.1) is 6.58 Å². The van der Waals surface area contributed by atoms with Gasteiger partial charge >= 0.3 is 5.97 Å². The van der Waals surface area contributed by atoms with Crippen LogP contribution >= 0.6 is 0 Å². The van der Waals surface area contributed by atoms with E-state index in [4.69, 9.17) is 5.11 Å². The lowest BCUT2D eigenvalue weighted by atomic mass is 10.1. The molecule has 1 aromatic heterocycles. The molecule has 0 spiro atoms. The number of hydrogen-bond donors (Lipinski definition) is 1. The van der Waals surface area contributed by atoms with Crippen LogP contribution in [-0.4, -0.2) is 34.0 Å². The smallest absolute Gasteiger partial charge is 0.307 e. The Balaban J connectivity index is 2.60. The molecule has 1 N–H and O–H groups in total. The second kappa shape index (κ2) is 6.81. The average molecular weight is 234 g/mol. The Kier molecular flexibility index (Phi) is 5.36. The summed E-state index contributed by atoms with van der Waals surface area (Å²) >= 11 is 0. The molecule has 0 aliphatic carbocycles. The molecular formula is C13H18N2O2. The zero-order chi connectivity index (χ0) is 12.7. The molecule has 4 nitrogen and oxygen atoms in total. The third-order valence-electron chi connectivity index (χ3n) is 2.50. The predicted octanol–water partition coefficient (Wildman–Crippen LogP) is 1.79. The Morgan fingerprint density at radius 2 is 2.24 bits per heavy atom. The third kappa shape index (κ3) is 4.78. The van der Waals surface area contributed by atoms with Gasteiger partial charge in [0.05, 0.1) is 5.92 Å². The highest BCUT2D eigenvalue weighted by atomic mass is 16.4. The summed E-state index contributed by atoms with van der Waals surface area (Å²) in [5.41, 5.74) is 1.12. The summed E-state index contributed by atoms with van der Waals surface area (Å²) in [6.45, 7) is 7.32. The van der Waals surface area contributed by atoms with E-state index in [0.717, 1.165) is 5.56 Å². The number of hydrogen-bond acceptors (Lipinski definition) is 3. The second-order valence-electron chi connectivity index (χ2n) is 4.08. The van der Waals surface area contributed by atoms with Crippen LogP contribution in [0.3, 0.4) is 0 Å². The summed E-state index contributed by atoms with van der Waals surface area (Å²) in [5.74, 6) is -1.15. The average Bonchev–Trinajstić information content (AvgIpc) is 2.30. The molecule has 1 aromatic rings. The van der Waals surface area contributed by atoms with Crippen LogP contribution in [-0.2, 0) is 11.3 Å². The molecule has 0 radical (unpaired) electrons. The van der Waals surface area contributed by atoms with Crippen LogP contribution in [0, 0.1) is 5.92 Å². The van der Waals surface area contributed by atoms with Crippen LogP contribution in [0.15, 0.2) is 37.2 Å². The maximum Gasteiger partial charge on any atom is 0.307 e. The van der Waals surface area contributed by atoms with Crippen molar-refractivity contribution >= 4 is 5.97 Å². The van der Waals surface area contributed by atoms with E-state index in [1.165, 1.54) is 0 Å². The molecular weight excluding hydrogens is 216 g/mol. The molecule has 1 unspecified atom stereocenters. The Morgan fingerprint density at radius 3 is 2.76 bits per heavy atom. The van der Waals surface area contributed by atoms with Crippen molar-refractivity contribution in [1.82, 2.24) is 9.88 Å². The summed E-state index contributed by atoms with van der Waals surface area (Å²) in [5, 5.41) is 8.90. The lowest BCUT2D eigenvalue weighted by Crippen LogP contribution is -2.31. The molecule has 1 rings (SSSR count). The predicted molar refractivity (Wildman–Crippen MR) is 66.5 cm³/mol. The molecule has 0 aliphatic rings. The van der Waals surface area contributed by atoms with Gasteiger partial charge in [-0.25, -0.2) is 0 Å². The SMILES string of the molecule is C=CCN(Cc1ccncc1)CC(C)C(=O)O. The van der Waals surface area contributed by atoms with Crippen LogP contribution in [0.25, 0.3) is 0 Å². The van der Waals surface area contributed by atoms with Gasteiger partial charge in [0.15, 0.2) is 0 Å². The standard InChI is InChI=1S/C13H18N2O2/c1-3-8-15(9-11(2)13(16)17)10-12-4-6-14-7-5-12/h3-7,11H,1,8-10H2,2H3,(H,16,17). The van der Waals surface area contributed by atoms with Crippen molar-refractivity contribution in [1.29, 1.82) is 0 Å². The van der Waals surface area contributed by atoms with Gasteiger partial charge < -0.3 is 5.11 Å². The van der Waals surface area contributed by atoms with Gasteiger partial charge in [-0.2, -0.15) is 0 Å². The van der Waals surface area contributed by atoms with Gasteiger partial charge in [-0.05, 0) is 17.7 Å². The van der Waals surface area contributed by atoms with Gasteiger partial charge in [-0.1, -0.05) is 13.0 Å². The fraction of sp³-hybridized carbons (Fsp3) is 0.385. The molecule has 0 aliphatic heterocycles. The molecule has 1 atom stereocenters. The summed E-state index contributed by atoms with van der Waals surface area (Å²) in [4.78, 5) is 16.8. The lowest BCUT2D eigenvalue weighted by Gasteiger charge is -2.22. The van der Waals surface area contributed by atoms with Crippen molar-refractivity contribution in [2.75, 3.05) is 13.1 Å². The van der Waals surface area contributed by atoms with Gasteiger partial charge in [0, 0.05) is 32.0 Å². The van der Waals surface area contributed by atoms with Crippen molar-refractivity contribution in [3.8, 4) is 0 Å². The number of carboxylic acid groups (broad SMARTS) is 1. The normalized spacial score (nSPS) is 12.4. The van der Waals surface area contributed by atoms with Crippen molar-refractivity contribution < 1.29 is 9.90 Å². The lowest BCUT2D eigenvalue weighted by molar-refractivity contribution is -0.141. The third-order valence-corrected chi connectivity index (χ3v) is 2.50. The van der Waals surface area contributed by atoms with Crippen molar-refractivity contribution in [2.24, 2.45) is 5.92 Å². The van der Waals surface area contributed by atoms with Crippen molar-refractivity contribution in [3.05, 3.63) is 42.7 Å². The van der Waals surface area contributed by atoms with E-state index in [2.05, 4.69) is 16.5 Å². The first kappa shape index (κ1) is 13.4. The molecule has 0 bridgehead atoms. The number of pyridine rings is 1. The Bertz CT molecular complexity index is 365. The monoisotopic (exact) mass is 234 g/mol. The maximum atomic E-state index is 10.8. The fourth-order valence-electron chi connectivity index (χ4n) is 1.60. The number of nitrogens with zero attached hydrogens (tertiary/aromatic N) is 2. The quantitative estimate of drug-likeness (QED) is 0.731. The summed E-state index contributed by atoms with van der Waals surface area (Å²) in [6.07, 6.45) is 5.26. The zero-order valence-electron chi connectivity index (χ0n) is 10.0. The number of aromatic nitrogens is 1. The second-order valence-corrected chi connectivity index (χ2v) is 4.08. The van der Waals surface area contributed by atoms with Crippen molar-refractivity contribution in [3.63, 3.8) is 0 Å². The van der Waals surface area contributed by atoms with Crippen LogP contribution in [0.4, 0.5) is 0 Å². The Morgan fingerprint density at radius 1 is 1.59 bits per heavy atom. The molecule has 0 saturated carbocycles. The molecule has 92 valence electrons. The van der Waals surface area contributed by atoms with E-state index in [1.807, 2.05) is 12.1 Å². The first-order valence-corrected chi connectivity index (χ1v) is 5.58. The van der Waals surface area contributed by atoms with Crippen LogP contribution in [0.2, 0.25) is 0 Å². The maximum absolute atomic E-state index is 10.8. The van der Waals surface area contributed by atoms with Crippen LogP contribution < -0.4 is 0 Å². The number of aliphatic carboxylic acids is 1.